The number of ether oxygens (including phenoxy) is 2. The number of hydrogen-bond acceptors (Lipinski definition) is 8. The number of benzene rings is 2. The number of carbonyl (C=O) groups is 4. The van der Waals surface area contributed by atoms with Gasteiger partial charge in [0.1, 0.15) is 31.3 Å². The van der Waals surface area contributed by atoms with Crippen LogP contribution in [0.3, 0.4) is 0 Å². The minimum atomic E-state index is -0.813. The van der Waals surface area contributed by atoms with E-state index >= 15 is 0 Å². The van der Waals surface area contributed by atoms with Gasteiger partial charge in [0.25, 0.3) is 0 Å². The molecule has 9 heteroatoms. The summed E-state index contributed by atoms with van der Waals surface area (Å²) in [6.07, 6.45) is 2.87. The van der Waals surface area contributed by atoms with Crippen LogP contribution in [0.2, 0.25) is 0 Å². The summed E-state index contributed by atoms with van der Waals surface area (Å²) in [5.74, 6) is -3.20. The maximum Gasteiger partial charge on any atom is 0.355 e. The molecular weight excluding hydrogens is 514 g/mol. The summed E-state index contributed by atoms with van der Waals surface area (Å²) in [5, 5.41) is 0. The van der Waals surface area contributed by atoms with Gasteiger partial charge in [-0.25, -0.2) is 9.59 Å². The summed E-state index contributed by atoms with van der Waals surface area (Å²) in [4.78, 5) is 63.0. The first-order valence-electron chi connectivity index (χ1n) is 13.0. The van der Waals surface area contributed by atoms with Gasteiger partial charge in [0.05, 0.1) is 17.9 Å². The molecule has 40 heavy (non-hydrogen) atoms. The first-order valence-corrected chi connectivity index (χ1v) is 13.0. The van der Waals surface area contributed by atoms with E-state index in [-0.39, 0.29) is 43.1 Å². The number of β-lactam (4-membered cyclic amide) rings is 1. The van der Waals surface area contributed by atoms with Crippen LogP contribution in [0.5, 0.6) is 5.75 Å². The zero-order valence-electron chi connectivity index (χ0n) is 22.3. The Balaban J connectivity index is 1.43. The van der Waals surface area contributed by atoms with Crippen molar-refractivity contribution < 1.29 is 38.4 Å². The van der Waals surface area contributed by atoms with Crippen molar-refractivity contribution >= 4 is 23.6 Å². The van der Waals surface area contributed by atoms with Crippen molar-refractivity contribution in [1.29, 1.82) is 0 Å². The molecule has 0 aromatic heterocycles. The van der Waals surface area contributed by atoms with Crippen LogP contribution in [-0.4, -0.2) is 54.4 Å². The Morgan fingerprint density at radius 3 is 2.42 bits per heavy atom. The number of amides is 1. The standard InChI is InChI=1S/C31H29NO8/c1-5-14-37-31(36)27-22(17(3)26-24(29(34)32(26)27)18(4)30(35)40-39-15-6-2)16-38-23-13-9-12-21-25(23)19-10-7-8-11-20(19)28(21)33/h5-13,17-18,24,26H,1-2,14-16H2,3-4H3/t17-,18?,24?,26?/m0/s1. The topological polar surface area (TPSA) is 108 Å². The van der Waals surface area contributed by atoms with Crippen LogP contribution in [0, 0.1) is 17.8 Å². The molecule has 1 amide bonds. The molecule has 2 aromatic rings. The van der Waals surface area contributed by atoms with Crippen LogP contribution in [-0.2, 0) is 28.9 Å². The molecule has 1 saturated heterocycles. The molecule has 2 heterocycles. The smallest absolute Gasteiger partial charge is 0.355 e. The van der Waals surface area contributed by atoms with Crippen molar-refractivity contribution in [2.75, 3.05) is 19.8 Å². The molecule has 4 atom stereocenters. The first-order chi connectivity index (χ1) is 19.3. The molecule has 0 radical (unpaired) electrons. The second-order valence-electron chi connectivity index (χ2n) is 9.88. The number of hydrogen-bond donors (Lipinski definition) is 0. The average Bonchev–Trinajstić information content (AvgIpc) is 3.39. The number of ketones is 1. The van der Waals surface area contributed by atoms with Crippen LogP contribution in [0.1, 0.15) is 29.8 Å². The Kier molecular flexibility index (Phi) is 7.40. The number of carbonyl (C=O) groups excluding carboxylic acids is 4. The molecular formula is C31H29NO8. The lowest BCUT2D eigenvalue weighted by Crippen LogP contribution is -2.63. The van der Waals surface area contributed by atoms with E-state index in [9.17, 15) is 19.2 Å². The van der Waals surface area contributed by atoms with Crippen LogP contribution in [0.4, 0.5) is 0 Å². The van der Waals surface area contributed by atoms with Gasteiger partial charge in [-0.05, 0) is 11.6 Å². The van der Waals surface area contributed by atoms with Crippen LogP contribution < -0.4 is 4.74 Å². The van der Waals surface area contributed by atoms with Crippen molar-refractivity contribution in [3.63, 3.8) is 0 Å². The third-order valence-electron chi connectivity index (χ3n) is 7.65. The number of rotatable bonds is 11. The molecule has 3 aliphatic rings. The van der Waals surface area contributed by atoms with E-state index in [1.165, 1.54) is 17.1 Å². The minimum absolute atomic E-state index is 0.0185. The second-order valence-corrected chi connectivity index (χ2v) is 9.88. The third kappa shape index (κ3) is 4.32. The van der Waals surface area contributed by atoms with Gasteiger partial charge in [0.15, 0.2) is 5.78 Å². The summed E-state index contributed by atoms with van der Waals surface area (Å²) in [6.45, 7) is 10.5. The molecule has 0 N–H and O–H groups in total. The van der Waals surface area contributed by atoms with E-state index < -0.39 is 29.8 Å². The summed E-state index contributed by atoms with van der Waals surface area (Å²) in [5.41, 5.74) is 3.29. The number of esters is 1. The molecule has 2 aromatic carbocycles. The fourth-order valence-electron chi connectivity index (χ4n) is 5.73. The molecule has 3 unspecified atom stereocenters. The lowest BCUT2D eigenvalue weighted by Gasteiger charge is -2.47. The Hall–Kier alpha value is -4.50. The van der Waals surface area contributed by atoms with E-state index in [1.807, 2.05) is 25.1 Å². The number of nitrogens with zero attached hydrogens (tertiary/aromatic N) is 1. The summed E-state index contributed by atoms with van der Waals surface area (Å²) in [7, 11) is 0. The lowest BCUT2D eigenvalue weighted by molar-refractivity contribution is -0.271. The maximum absolute atomic E-state index is 13.3. The normalized spacial score (nSPS) is 21.1. The summed E-state index contributed by atoms with van der Waals surface area (Å²) < 4.78 is 11.6. The highest BCUT2D eigenvalue weighted by Crippen LogP contribution is 2.49. The molecule has 0 bridgehead atoms. The van der Waals surface area contributed by atoms with Gasteiger partial charge in [-0.3, -0.25) is 14.5 Å². The van der Waals surface area contributed by atoms with Gasteiger partial charge >= 0.3 is 11.9 Å². The van der Waals surface area contributed by atoms with E-state index in [2.05, 4.69) is 13.2 Å². The molecule has 1 fully saturated rings. The molecule has 5 rings (SSSR count). The van der Waals surface area contributed by atoms with Crippen LogP contribution >= 0.6 is 0 Å². The molecule has 9 nitrogen and oxygen atoms in total. The zero-order valence-corrected chi connectivity index (χ0v) is 22.3. The Morgan fingerprint density at radius 2 is 1.70 bits per heavy atom. The predicted molar refractivity (Wildman–Crippen MR) is 144 cm³/mol. The molecule has 0 saturated carbocycles. The van der Waals surface area contributed by atoms with E-state index in [1.54, 1.807) is 31.2 Å². The molecule has 1 aliphatic carbocycles. The predicted octanol–water partition coefficient (Wildman–Crippen LogP) is 4.03. The molecule has 0 spiro atoms. The SMILES string of the molecule is C=CCOOC(=O)C(C)C1C(=O)N2C(C(=O)OCC=C)=C(COc3cccc4c3-c3ccccc3C4=O)[C@H](C)C12. The van der Waals surface area contributed by atoms with Crippen LogP contribution in [0.25, 0.3) is 11.1 Å². The van der Waals surface area contributed by atoms with Crippen molar-refractivity contribution in [3.8, 4) is 16.9 Å². The van der Waals surface area contributed by atoms with Crippen molar-refractivity contribution in [1.82, 2.24) is 4.90 Å². The van der Waals surface area contributed by atoms with E-state index in [0.717, 1.165) is 5.56 Å². The maximum atomic E-state index is 13.3. The van der Waals surface area contributed by atoms with Crippen molar-refractivity contribution in [3.05, 3.63) is 90.2 Å². The number of fused-ring (bicyclic) bond motifs is 4. The van der Waals surface area contributed by atoms with Crippen LogP contribution in [0.15, 0.2) is 79.0 Å². The lowest BCUT2D eigenvalue weighted by atomic mass is 9.74. The summed E-state index contributed by atoms with van der Waals surface area (Å²) >= 11 is 0. The van der Waals surface area contributed by atoms with Gasteiger partial charge in [-0.2, -0.15) is 4.89 Å². The highest BCUT2D eigenvalue weighted by Gasteiger charge is 2.61. The Bertz CT molecular complexity index is 1460. The van der Waals surface area contributed by atoms with Crippen molar-refractivity contribution in [2.45, 2.75) is 19.9 Å². The van der Waals surface area contributed by atoms with Gasteiger partial charge in [-0.1, -0.05) is 69.0 Å². The van der Waals surface area contributed by atoms with Crippen molar-refractivity contribution in [2.24, 2.45) is 17.8 Å². The fraction of sp³-hybridized carbons (Fsp3) is 0.290. The van der Waals surface area contributed by atoms with Gasteiger partial charge in [0, 0.05) is 28.2 Å². The van der Waals surface area contributed by atoms with Gasteiger partial charge in [0.2, 0.25) is 5.91 Å². The van der Waals surface area contributed by atoms with Gasteiger partial charge < -0.3 is 14.4 Å². The van der Waals surface area contributed by atoms with E-state index in [0.29, 0.717) is 28.0 Å². The molecule has 2 aliphatic heterocycles. The minimum Gasteiger partial charge on any atom is -0.488 e. The van der Waals surface area contributed by atoms with E-state index in [4.69, 9.17) is 19.2 Å². The van der Waals surface area contributed by atoms with Gasteiger partial charge in [-0.15, -0.1) is 6.58 Å². The highest BCUT2D eigenvalue weighted by molar-refractivity contribution is 6.22. The Morgan fingerprint density at radius 1 is 1.00 bits per heavy atom. The average molecular weight is 544 g/mol. The monoisotopic (exact) mass is 543 g/mol. The second kappa shape index (κ2) is 10.9. The fourth-order valence-corrected chi connectivity index (χ4v) is 5.73. The molecule has 206 valence electrons. The third-order valence-corrected chi connectivity index (χ3v) is 7.65. The zero-order chi connectivity index (χ0) is 28.6. The Labute approximate surface area is 231 Å². The quantitative estimate of drug-likeness (QED) is 0.0891. The summed E-state index contributed by atoms with van der Waals surface area (Å²) in [6, 6.07) is 12.1. The highest BCUT2D eigenvalue weighted by atomic mass is 17.2. The first kappa shape index (κ1) is 27.1. The largest absolute Gasteiger partial charge is 0.488 e.